The molecule has 26 heavy (non-hydrogen) atoms. The number of hydrogen-bond acceptors (Lipinski definition) is 5. The van der Waals surface area contributed by atoms with Gasteiger partial charge in [0.15, 0.2) is 5.60 Å². The van der Waals surface area contributed by atoms with Crippen LogP contribution in [0.3, 0.4) is 0 Å². The Morgan fingerprint density at radius 2 is 1.54 bits per heavy atom. The predicted molar refractivity (Wildman–Crippen MR) is 90.9 cm³/mol. The highest BCUT2D eigenvalue weighted by atomic mass is 16.6. The molecule has 0 amide bonds. The third-order valence-electron chi connectivity index (χ3n) is 6.41. The van der Waals surface area contributed by atoms with E-state index in [0.29, 0.717) is 11.5 Å². The van der Waals surface area contributed by atoms with E-state index in [1.165, 1.54) is 12.1 Å². The molecule has 2 N–H and O–H groups in total. The Morgan fingerprint density at radius 1 is 0.923 bits per heavy atom. The Labute approximate surface area is 149 Å². The summed E-state index contributed by atoms with van der Waals surface area (Å²) in [5.74, 6) is 1.22. The van der Waals surface area contributed by atoms with Crippen LogP contribution < -0.4 is 4.74 Å². The number of phenolic OH excluding ortho intramolecular Hbond substituents is 2. The molecule has 4 aliphatic rings. The molecule has 2 aromatic rings. The van der Waals surface area contributed by atoms with E-state index in [4.69, 9.17) is 9.47 Å². The molecule has 1 saturated heterocycles. The molecule has 4 atom stereocenters. The molecule has 1 saturated carbocycles. The average Bonchev–Trinajstić information content (AvgIpc) is 3.28. The Balaban J connectivity index is 1.68. The second-order valence-corrected chi connectivity index (χ2v) is 7.62. The minimum atomic E-state index is -0.948. The second kappa shape index (κ2) is 4.41. The van der Waals surface area contributed by atoms with Crippen molar-refractivity contribution in [1.82, 2.24) is 0 Å². The first-order valence-electron chi connectivity index (χ1n) is 8.84. The van der Waals surface area contributed by atoms with Crippen LogP contribution in [-0.4, -0.2) is 16.2 Å². The Kier molecular flexibility index (Phi) is 2.42. The van der Waals surface area contributed by atoms with Crippen LogP contribution in [0.4, 0.5) is 0 Å². The molecule has 5 nitrogen and oxygen atoms in total. The molecular formula is C21H16O5. The second-order valence-electron chi connectivity index (χ2n) is 7.62. The summed E-state index contributed by atoms with van der Waals surface area (Å²) in [5.41, 5.74) is 0.571. The van der Waals surface area contributed by atoms with Crippen molar-refractivity contribution in [2.75, 3.05) is 0 Å². The van der Waals surface area contributed by atoms with Crippen LogP contribution in [0.25, 0.3) is 0 Å². The van der Waals surface area contributed by atoms with E-state index in [0.717, 1.165) is 17.5 Å². The maximum absolute atomic E-state index is 12.9. The van der Waals surface area contributed by atoms with Gasteiger partial charge in [0.05, 0.1) is 5.92 Å². The quantitative estimate of drug-likeness (QED) is 0.563. The molecule has 2 aromatic carbocycles. The van der Waals surface area contributed by atoms with E-state index in [1.807, 2.05) is 0 Å². The SMILES string of the molecule is O=C1OC2(c3ccc(O)cc3Oc3cc(O)ccc32)[C@H]2[C@@H]1[C@H]1C=C[C@H]2C1. The Hall–Kier alpha value is -2.95. The standard InChI is InChI=1S/C21H16O5/c22-12-3-5-14-16(8-12)25-17-9-13(23)4-6-15(17)21(14)19-11-2-1-10(7-11)18(19)20(24)26-21/h1-6,8-11,18-19,22-23H,7H2/t10-,11-,18-,19+/m0/s1. The summed E-state index contributed by atoms with van der Waals surface area (Å²) < 4.78 is 12.1. The maximum Gasteiger partial charge on any atom is 0.311 e. The van der Waals surface area contributed by atoms with E-state index >= 15 is 0 Å². The van der Waals surface area contributed by atoms with Crippen LogP contribution in [-0.2, 0) is 15.1 Å². The Bertz CT molecular complexity index is 956. The van der Waals surface area contributed by atoms with Crippen molar-refractivity contribution in [3.8, 4) is 23.0 Å². The topological polar surface area (TPSA) is 76.0 Å². The molecule has 130 valence electrons. The molecular weight excluding hydrogens is 332 g/mol. The molecule has 1 spiro atoms. The van der Waals surface area contributed by atoms with Crippen LogP contribution >= 0.6 is 0 Å². The summed E-state index contributed by atoms with van der Waals surface area (Å²) in [7, 11) is 0. The molecule has 2 fully saturated rings. The minimum absolute atomic E-state index is 0.0134. The van der Waals surface area contributed by atoms with Gasteiger partial charge in [0, 0.05) is 29.2 Å². The highest BCUT2D eigenvalue weighted by Gasteiger charge is 2.68. The van der Waals surface area contributed by atoms with Crippen molar-refractivity contribution in [3.05, 3.63) is 59.7 Å². The number of benzene rings is 2. The van der Waals surface area contributed by atoms with Gasteiger partial charge in [-0.25, -0.2) is 0 Å². The van der Waals surface area contributed by atoms with Crippen molar-refractivity contribution in [1.29, 1.82) is 0 Å². The summed E-state index contributed by atoms with van der Waals surface area (Å²) in [6.45, 7) is 0. The first-order valence-corrected chi connectivity index (χ1v) is 8.84. The van der Waals surface area contributed by atoms with Gasteiger partial charge in [0.25, 0.3) is 0 Å². The van der Waals surface area contributed by atoms with Gasteiger partial charge in [-0.3, -0.25) is 4.79 Å². The number of carbonyl (C=O) groups is 1. The van der Waals surface area contributed by atoms with E-state index < -0.39 is 5.60 Å². The number of fused-ring (bicyclic) bond motifs is 10. The van der Waals surface area contributed by atoms with Crippen molar-refractivity contribution in [2.24, 2.45) is 23.7 Å². The first-order chi connectivity index (χ1) is 12.6. The largest absolute Gasteiger partial charge is 0.508 e. The summed E-state index contributed by atoms with van der Waals surface area (Å²) in [6, 6.07) is 9.83. The number of aromatic hydroxyl groups is 2. The smallest absolute Gasteiger partial charge is 0.311 e. The van der Waals surface area contributed by atoms with Crippen molar-refractivity contribution in [3.63, 3.8) is 0 Å². The lowest BCUT2D eigenvalue weighted by Gasteiger charge is -2.41. The van der Waals surface area contributed by atoms with Crippen molar-refractivity contribution >= 4 is 5.97 Å². The molecule has 0 radical (unpaired) electrons. The molecule has 2 aliphatic carbocycles. The molecule has 5 heteroatoms. The first kappa shape index (κ1) is 14.2. The molecule has 2 heterocycles. The highest BCUT2D eigenvalue weighted by molar-refractivity contribution is 5.81. The van der Waals surface area contributed by atoms with Gasteiger partial charge in [-0.1, -0.05) is 12.2 Å². The molecule has 2 aliphatic heterocycles. The third-order valence-corrected chi connectivity index (χ3v) is 6.41. The van der Waals surface area contributed by atoms with Crippen molar-refractivity contribution in [2.45, 2.75) is 12.0 Å². The summed E-state index contributed by atoms with van der Waals surface area (Å²) >= 11 is 0. The van der Waals surface area contributed by atoms with Crippen molar-refractivity contribution < 1.29 is 24.5 Å². The highest BCUT2D eigenvalue weighted by Crippen LogP contribution is 2.66. The number of carbonyl (C=O) groups excluding carboxylic acids is 1. The zero-order chi connectivity index (χ0) is 17.6. The summed E-state index contributed by atoms with van der Waals surface area (Å²) in [4.78, 5) is 12.9. The van der Waals surface area contributed by atoms with Crippen LogP contribution in [0.2, 0.25) is 0 Å². The van der Waals surface area contributed by atoms with Gasteiger partial charge in [0.1, 0.15) is 23.0 Å². The number of phenols is 2. The van der Waals surface area contributed by atoms with Gasteiger partial charge in [-0.15, -0.1) is 0 Å². The normalized spacial score (nSPS) is 31.3. The lowest BCUT2D eigenvalue weighted by molar-refractivity contribution is -0.150. The number of esters is 1. The van der Waals surface area contributed by atoms with E-state index in [9.17, 15) is 15.0 Å². The maximum atomic E-state index is 12.9. The van der Waals surface area contributed by atoms with Crippen LogP contribution in [0.5, 0.6) is 23.0 Å². The fraction of sp³-hybridized carbons (Fsp3) is 0.286. The number of hydrogen-bond donors (Lipinski definition) is 2. The zero-order valence-corrected chi connectivity index (χ0v) is 13.8. The number of rotatable bonds is 0. The van der Waals surface area contributed by atoms with Crippen LogP contribution in [0.1, 0.15) is 17.5 Å². The van der Waals surface area contributed by atoms with E-state index in [2.05, 4.69) is 12.2 Å². The fourth-order valence-electron chi connectivity index (χ4n) is 5.53. The number of ether oxygens (including phenoxy) is 2. The minimum Gasteiger partial charge on any atom is -0.508 e. The fourth-order valence-corrected chi connectivity index (χ4v) is 5.53. The van der Waals surface area contributed by atoms with Gasteiger partial charge in [-0.2, -0.15) is 0 Å². The lowest BCUT2D eigenvalue weighted by Crippen LogP contribution is -2.40. The Morgan fingerprint density at radius 3 is 2.19 bits per heavy atom. The molecule has 0 aromatic heterocycles. The van der Waals surface area contributed by atoms with E-state index in [1.54, 1.807) is 24.3 Å². The average molecular weight is 348 g/mol. The van der Waals surface area contributed by atoms with Gasteiger partial charge < -0.3 is 19.7 Å². The van der Waals surface area contributed by atoms with Crippen LogP contribution in [0, 0.1) is 23.7 Å². The monoisotopic (exact) mass is 348 g/mol. The zero-order valence-electron chi connectivity index (χ0n) is 13.8. The third kappa shape index (κ3) is 1.50. The number of allylic oxidation sites excluding steroid dienone is 2. The predicted octanol–water partition coefficient (Wildman–Crippen LogP) is 3.44. The van der Waals surface area contributed by atoms with Gasteiger partial charge in [0.2, 0.25) is 0 Å². The van der Waals surface area contributed by atoms with E-state index in [-0.39, 0.29) is 41.1 Å². The summed E-state index contributed by atoms with van der Waals surface area (Å²) in [6.07, 6.45) is 5.31. The summed E-state index contributed by atoms with van der Waals surface area (Å²) in [5, 5.41) is 19.8. The molecule has 2 bridgehead atoms. The molecule has 0 unspecified atom stereocenters. The van der Waals surface area contributed by atoms with Gasteiger partial charge >= 0.3 is 5.97 Å². The van der Waals surface area contributed by atoms with Gasteiger partial charge in [-0.05, 0) is 42.5 Å². The lowest BCUT2D eigenvalue weighted by atomic mass is 9.67. The molecule has 6 rings (SSSR count). The van der Waals surface area contributed by atoms with Crippen LogP contribution in [0.15, 0.2) is 48.6 Å².